The Hall–Kier alpha value is -0.630. The fourth-order valence-electron chi connectivity index (χ4n) is 7.88. The van der Waals surface area contributed by atoms with Gasteiger partial charge in [0.15, 0.2) is 5.78 Å². The van der Waals surface area contributed by atoms with E-state index < -0.39 is 0 Å². The maximum Gasteiger partial charge on any atom is 0.155 e. The number of carbonyl (C=O) groups is 1. The third-order valence-corrected chi connectivity index (χ3v) is 9.30. The summed E-state index contributed by atoms with van der Waals surface area (Å²) in [6.45, 7) is 8.42. The second kappa shape index (κ2) is 4.75. The van der Waals surface area contributed by atoms with E-state index in [0.717, 1.165) is 43.1 Å². The van der Waals surface area contributed by atoms with Crippen molar-refractivity contribution < 1.29 is 9.53 Å². The Labute approximate surface area is 146 Å². The molecule has 5 rings (SSSR count). The molecule has 1 heterocycles. The predicted octanol–water partition coefficient (Wildman–Crippen LogP) is 4.92. The Morgan fingerprint density at radius 2 is 1.79 bits per heavy atom. The topological polar surface area (TPSA) is 29.6 Å². The van der Waals surface area contributed by atoms with Crippen LogP contribution in [0.2, 0.25) is 0 Å². The minimum atomic E-state index is 0.192. The van der Waals surface area contributed by atoms with Crippen molar-refractivity contribution in [2.75, 3.05) is 6.61 Å². The van der Waals surface area contributed by atoms with E-state index in [1.54, 1.807) is 0 Å². The van der Waals surface area contributed by atoms with E-state index in [1.165, 1.54) is 44.1 Å². The van der Waals surface area contributed by atoms with Gasteiger partial charge in [-0.15, -0.1) is 0 Å². The zero-order valence-corrected chi connectivity index (χ0v) is 15.6. The standard InChI is InChI=1S/C22H32O2/c1-20-10-8-15(23)12-14(20)4-5-16-17-6-7-19(22(3)13-24-22)21(17,2)11-9-18(16)20/h12,16-19H,4-11,13H2,1-3H3/t16-,17+,18+,19+,20+,21+,22+/m1/s1. The smallest absolute Gasteiger partial charge is 0.155 e. The highest BCUT2D eigenvalue weighted by Gasteiger charge is 2.64. The number of allylic oxidation sites excluding steroid dienone is 1. The molecule has 2 nitrogen and oxygen atoms in total. The summed E-state index contributed by atoms with van der Waals surface area (Å²) in [7, 11) is 0. The molecule has 0 aromatic heterocycles. The second-order valence-corrected chi connectivity index (χ2v) is 10.2. The summed E-state index contributed by atoms with van der Waals surface area (Å²) in [4.78, 5) is 11.9. The monoisotopic (exact) mass is 328 g/mol. The van der Waals surface area contributed by atoms with Gasteiger partial charge >= 0.3 is 0 Å². The molecule has 3 saturated carbocycles. The number of rotatable bonds is 1. The summed E-state index contributed by atoms with van der Waals surface area (Å²) in [5.74, 6) is 3.73. The van der Waals surface area contributed by atoms with Crippen LogP contribution in [-0.4, -0.2) is 18.0 Å². The van der Waals surface area contributed by atoms with E-state index >= 15 is 0 Å². The molecule has 0 aromatic carbocycles. The van der Waals surface area contributed by atoms with Crippen molar-refractivity contribution in [2.45, 2.75) is 77.7 Å². The number of hydrogen-bond acceptors (Lipinski definition) is 2. The third kappa shape index (κ3) is 1.90. The molecule has 1 saturated heterocycles. The van der Waals surface area contributed by atoms with Crippen molar-refractivity contribution in [3.63, 3.8) is 0 Å². The lowest BCUT2D eigenvalue weighted by molar-refractivity contribution is -0.117. The average Bonchev–Trinajstić information content (AvgIpc) is 3.17. The minimum Gasteiger partial charge on any atom is -0.370 e. The van der Waals surface area contributed by atoms with Gasteiger partial charge in [-0.1, -0.05) is 19.4 Å². The number of carbonyl (C=O) groups excluding carboxylic acids is 1. The molecule has 0 amide bonds. The molecular formula is C22H32O2. The Morgan fingerprint density at radius 3 is 2.54 bits per heavy atom. The molecule has 0 unspecified atom stereocenters. The van der Waals surface area contributed by atoms with Gasteiger partial charge in [0.2, 0.25) is 0 Å². The lowest BCUT2D eigenvalue weighted by Gasteiger charge is -2.58. The molecule has 4 fully saturated rings. The van der Waals surface area contributed by atoms with Gasteiger partial charge in [0.05, 0.1) is 12.2 Å². The van der Waals surface area contributed by atoms with Crippen LogP contribution in [0, 0.1) is 34.5 Å². The van der Waals surface area contributed by atoms with Crippen LogP contribution in [-0.2, 0) is 9.53 Å². The van der Waals surface area contributed by atoms with Crippen molar-refractivity contribution in [3.05, 3.63) is 11.6 Å². The fraction of sp³-hybridized carbons (Fsp3) is 0.864. The second-order valence-electron chi connectivity index (χ2n) is 10.2. The summed E-state index contributed by atoms with van der Waals surface area (Å²) in [5, 5.41) is 0. The van der Waals surface area contributed by atoms with Crippen LogP contribution in [0.3, 0.4) is 0 Å². The van der Waals surface area contributed by atoms with E-state index in [2.05, 4.69) is 20.8 Å². The zero-order chi connectivity index (χ0) is 16.7. The SMILES string of the molecule is C[C@]12CC[C@H]3[C@H](CCC4=CC(=O)CC[C@@]43C)[C@@H]1CC[C@@H]2[C@]1(C)CO1. The maximum atomic E-state index is 11.9. The van der Waals surface area contributed by atoms with Gasteiger partial charge in [-0.05, 0) is 92.4 Å². The van der Waals surface area contributed by atoms with Gasteiger partial charge in [-0.3, -0.25) is 4.79 Å². The van der Waals surface area contributed by atoms with Crippen LogP contribution < -0.4 is 0 Å². The number of ether oxygens (including phenoxy) is 1. The van der Waals surface area contributed by atoms with E-state index in [1.807, 2.05) is 6.08 Å². The Bertz CT molecular complexity index is 615. The van der Waals surface area contributed by atoms with Gasteiger partial charge < -0.3 is 4.74 Å². The molecular weight excluding hydrogens is 296 g/mol. The molecule has 0 bridgehead atoms. The van der Waals surface area contributed by atoms with Crippen LogP contribution in [0.4, 0.5) is 0 Å². The quantitative estimate of drug-likeness (QED) is 0.639. The van der Waals surface area contributed by atoms with Gasteiger partial charge in [0.1, 0.15) is 0 Å². The van der Waals surface area contributed by atoms with Crippen LogP contribution in [0.1, 0.15) is 72.1 Å². The third-order valence-electron chi connectivity index (χ3n) is 9.30. The summed E-state index contributed by atoms with van der Waals surface area (Å²) in [6.07, 6.45) is 11.9. The molecule has 0 aromatic rings. The van der Waals surface area contributed by atoms with Gasteiger partial charge in [-0.25, -0.2) is 0 Å². The molecule has 2 heteroatoms. The molecule has 132 valence electrons. The zero-order valence-electron chi connectivity index (χ0n) is 15.6. The van der Waals surface area contributed by atoms with Crippen molar-refractivity contribution >= 4 is 5.78 Å². The highest BCUT2D eigenvalue weighted by atomic mass is 16.6. The number of ketones is 1. The normalized spacial score (nSPS) is 56.1. The summed E-state index contributed by atoms with van der Waals surface area (Å²) in [6, 6.07) is 0. The van der Waals surface area contributed by atoms with Gasteiger partial charge in [0.25, 0.3) is 0 Å². The highest BCUT2D eigenvalue weighted by molar-refractivity contribution is 5.91. The van der Waals surface area contributed by atoms with E-state index in [-0.39, 0.29) is 5.60 Å². The van der Waals surface area contributed by atoms with Crippen molar-refractivity contribution in [2.24, 2.45) is 34.5 Å². The van der Waals surface area contributed by atoms with Crippen molar-refractivity contribution in [1.82, 2.24) is 0 Å². The maximum absolute atomic E-state index is 11.9. The Morgan fingerprint density at radius 1 is 1.00 bits per heavy atom. The Kier molecular flexibility index (Phi) is 3.09. The number of epoxide rings is 1. The Balaban J connectivity index is 1.47. The first-order valence-corrected chi connectivity index (χ1v) is 10.2. The van der Waals surface area contributed by atoms with Gasteiger partial charge in [0, 0.05) is 6.42 Å². The van der Waals surface area contributed by atoms with Crippen LogP contribution in [0.25, 0.3) is 0 Å². The summed E-state index contributed by atoms with van der Waals surface area (Å²) >= 11 is 0. The lowest BCUT2D eigenvalue weighted by Crippen LogP contribution is -2.51. The molecule has 0 N–H and O–H groups in total. The van der Waals surface area contributed by atoms with Crippen LogP contribution >= 0.6 is 0 Å². The first-order chi connectivity index (χ1) is 11.4. The molecule has 7 atom stereocenters. The van der Waals surface area contributed by atoms with E-state index in [9.17, 15) is 4.79 Å². The summed E-state index contributed by atoms with van der Waals surface area (Å²) < 4.78 is 5.90. The largest absolute Gasteiger partial charge is 0.370 e. The molecule has 24 heavy (non-hydrogen) atoms. The van der Waals surface area contributed by atoms with E-state index in [4.69, 9.17) is 4.74 Å². The number of hydrogen-bond donors (Lipinski definition) is 0. The molecule has 5 aliphatic rings. The first kappa shape index (κ1) is 15.6. The van der Waals surface area contributed by atoms with Crippen LogP contribution in [0.5, 0.6) is 0 Å². The lowest BCUT2D eigenvalue weighted by atomic mass is 9.46. The molecule has 0 spiro atoms. The van der Waals surface area contributed by atoms with E-state index in [0.29, 0.717) is 16.6 Å². The molecule has 1 aliphatic heterocycles. The van der Waals surface area contributed by atoms with Gasteiger partial charge in [-0.2, -0.15) is 0 Å². The van der Waals surface area contributed by atoms with Crippen molar-refractivity contribution in [3.8, 4) is 0 Å². The van der Waals surface area contributed by atoms with Crippen LogP contribution in [0.15, 0.2) is 11.6 Å². The molecule has 4 aliphatic carbocycles. The number of fused-ring (bicyclic) bond motifs is 5. The predicted molar refractivity (Wildman–Crippen MR) is 94.6 cm³/mol. The molecule has 0 radical (unpaired) electrons. The first-order valence-electron chi connectivity index (χ1n) is 10.2. The average molecular weight is 328 g/mol. The summed E-state index contributed by atoms with van der Waals surface area (Å²) in [5.41, 5.74) is 2.50. The minimum absolute atomic E-state index is 0.192. The highest BCUT2D eigenvalue weighted by Crippen LogP contribution is 2.69. The fourth-order valence-corrected chi connectivity index (χ4v) is 7.88. The van der Waals surface area contributed by atoms with Crippen molar-refractivity contribution in [1.29, 1.82) is 0 Å².